The second kappa shape index (κ2) is 7.89. The maximum Gasteiger partial charge on any atom is 0.318 e. The van der Waals surface area contributed by atoms with E-state index in [1.54, 1.807) is 24.0 Å². The minimum atomic E-state index is 0.135. The molecule has 2 aromatic heterocycles. The van der Waals surface area contributed by atoms with Gasteiger partial charge in [-0.2, -0.15) is 4.98 Å². The molecule has 0 amide bonds. The smallest absolute Gasteiger partial charge is 0.318 e. The van der Waals surface area contributed by atoms with Crippen LogP contribution in [0.2, 0.25) is 0 Å². The number of ether oxygens (including phenoxy) is 1. The number of rotatable bonds is 6. The van der Waals surface area contributed by atoms with Crippen LogP contribution < -0.4 is 4.74 Å². The van der Waals surface area contributed by atoms with E-state index in [2.05, 4.69) is 32.1 Å². The van der Waals surface area contributed by atoms with Gasteiger partial charge in [0, 0.05) is 18.0 Å². The first-order valence-corrected chi connectivity index (χ1v) is 8.82. The molecule has 0 aliphatic carbocycles. The predicted octanol–water partition coefficient (Wildman–Crippen LogP) is 3.69. The Bertz CT molecular complexity index is 837. The molecule has 6 nitrogen and oxygen atoms in total. The summed E-state index contributed by atoms with van der Waals surface area (Å²) in [6.07, 6.45) is 3.04. The van der Waals surface area contributed by atoms with Crippen molar-refractivity contribution in [2.75, 3.05) is 7.11 Å². The van der Waals surface area contributed by atoms with Crippen molar-refractivity contribution in [2.24, 2.45) is 4.99 Å². The molecule has 0 bridgehead atoms. The second-order valence-electron chi connectivity index (χ2n) is 4.60. The van der Waals surface area contributed by atoms with Gasteiger partial charge in [-0.1, -0.05) is 53.4 Å². The lowest BCUT2D eigenvalue weighted by atomic mass is 10.2. The largest absolute Gasteiger partial charge is 0.498 e. The molecule has 0 saturated carbocycles. The number of aromatic hydroxyl groups is 1. The van der Waals surface area contributed by atoms with Crippen LogP contribution in [0.25, 0.3) is 0 Å². The van der Waals surface area contributed by atoms with Gasteiger partial charge < -0.3 is 9.84 Å². The number of aromatic nitrogens is 3. The van der Waals surface area contributed by atoms with E-state index in [1.807, 2.05) is 18.2 Å². The van der Waals surface area contributed by atoms with Crippen LogP contribution in [-0.2, 0) is 5.75 Å². The lowest BCUT2D eigenvalue weighted by molar-refractivity contribution is 0.380. The number of hydrogen-bond donors (Lipinski definition) is 1. The van der Waals surface area contributed by atoms with Crippen LogP contribution in [0.3, 0.4) is 0 Å². The molecule has 1 aromatic carbocycles. The summed E-state index contributed by atoms with van der Waals surface area (Å²) < 4.78 is 5.74. The Morgan fingerprint density at radius 2 is 2.08 bits per heavy atom. The van der Waals surface area contributed by atoms with Crippen LogP contribution in [-0.4, -0.2) is 33.4 Å². The first-order chi connectivity index (χ1) is 11.7. The highest BCUT2D eigenvalue weighted by Crippen LogP contribution is 2.33. The van der Waals surface area contributed by atoms with Gasteiger partial charge >= 0.3 is 6.01 Å². The zero-order valence-corrected chi connectivity index (χ0v) is 14.4. The average Bonchev–Trinajstić information content (AvgIpc) is 2.99. The van der Waals surface area contributed by atoms with Crippen molar-refractivity contribution in [3.8, 4) is 11.1 Å². The van der Waals surface area contributed by atoms with Crippen LogP contribution in [0.15, 0.2) is 51.9 Å². The van der Waals surface area contributed by atoms with E-state index in [9.17, 15) is 5.11 Å². The molecule has 0 radical (unpaired) electrons. The monoisotopic (exact) mass is 358 g/mol. The second-order valence-corrected chi connectivity index (χ2v) is 6.80. The van der Waals surface area contributed by atoms with Crippen molar-refractivity contribution in [1.29, 1.82) is 0 Å². The van der Waals surface area contributed by atoms with Crippen molar-refractivity contribution in [2.45, 2.75) is 10.1 Å². The van der Waals surface area contributed by atoms with Crippen molar-refractivity contribution in [3.63, 3.8) is 0 Å². The van der Waals surface area contributed by atoms with Crippen LogP contribution in [0, 0.1) is 0 Å². The van der Waals surface area contributed by atoms with Gasteiger partial charge in [0.1, 0.15) is 5.69 Å². The molecule has 122 valence electrons. The highest BCUT2D eigenvalue weighted by atomic mass is 32.2. The number of hydrogen-bond acceptors (Lipinski definition) is 8. The van der Waals surface area contributed by atoms with Crippen molar-refractivity contribution < 1.29 is 9.84 Å². The van der Waals surface area contributed by atoms with Gasteiger partial charge in [0.25, 0.3) is 0 Å². The van der Waals surface area contributed by atoms with E-state index in [0.29, 0.717) is 11.5 Å². The molecule has 3 rings (SSSR count). The maximum atomic E-state index is 10.0. The summed E-state index contributed by atoms with van der Waals surface area (Å²) in [6.45, 7) is 0. The average molecular weight is 358 g/mol. The fourth-order valence-corrected chi connectivity index (χ4v) is 3.61. The lowest BCUT2D eigenvalue weighted by Crippen LogP contribution is -1.90. The Morgan fingerprint density at radius 1 is 1.25 bits per heavy atom. The summed E-state index contributed by atoms with van der Waals surface area (Å²) in [5, 5.41) is 10.1. The Balaban J connectivity index is 1.68. The molecule has 3 aromatic rings. The van der Waals surface area contributed by atoms with E-state index in [-0.39, 0.29) is 11.1 Å². The molecule has 0 fully saturated rings. The zero-order valence-electron chi connectivity index (χ0n) is 12.8. The molecule has 0 unspecified atom stereocenters. The fourth-order valence-electron chi connectivity index (χ4n) is 1.80. The topological polar surface area (TPSA) is 80.5 Å². The summed E-state index contributed by atoms with van der Waals surface area (Å²) in [5.74, 6) is 1.24. The van der Waals surface area contributed by atoms with Crippen LogP contribution in [0.1, 0.15) is 11.3 Å². The standard InChI is InChI=1S/C16H14N4O2S2/c1-22-15-17-8-7-13(20-15)18-9-12-14(21)24-16(19-12)23-10-11-5-3-2-4-6-11/h2-9,21H,10H2,1H3. The highest BCUT2D eigenvalue weighted by molar-refractivity contribution is 8.00. The summed E-state index contributed by atoms with van der Waals surface area (Å²) >= 11 is 2.81. The molecule has 8 heteroatoms. The van der Waals surface area contributed by atoms with E-state index < -0.39 is 0 Å². The molecule has 0 spiro atoms. The van der Waals surface area contributed by atoms with Gasteiger partial charge in [-0.05, 0) is 5.56 Å². The summed E-state index contributed by atoms with van der Waals surface area (Å²) in [7, 11) is 1.49. The Morgan fingerprint density at radius 3 is 2.88 bits per heavy atom. The quantitative estimate of drug-likeness (QED) is 0.535. The molecule has 0 aliphatic heterocycles. The van der Waals surface area contributed by atoms with Crippen LogP contribution >= 0.6 is 23.1 Å². The first-order valence-electron chi connectivity index (χ1n) is 7.02. The van der Waals surface area contributed by atoms with E-state index in [4.69, 9.17) is 4.74 Å². The Labute approximate surface area is 147 Å². The third-order valence-corrected chi connectivity index (χ3v) is 5.03. The van der Waals surface area contributed by atoms with Crippen molar-refractivity contribution in [3.05, 3.63) is 53.9 Å². The molecule has 0 saturated heterocycles. The Kier molecular flexibility index (Phi) is 5.39. The summed E-state index contributed by atoms with van der Waals surface area (Å²) in [4.78, 5) is 16.6. The number of benzene rings is 1. The number of thiazole rings is 1. The maximum absolute atomic E-state index is 10.0. The van der Waals surface area contributed by atoms with Gasteiger partial charge in [-0.25, -0.2) is 15.0 Å². The predicted molar refractivity (Wildman–Crippen MR) is 95.6 cm³/mol. The molecular formula is C16H14N4O2S2. The molecule has 1 N–H and O–H groups in total. The van der Waals surface area contributed by atoms with Gasteiger partial charge in [0.05, 0.1) is 13.3 Å². The van der Waals surface area contributed by atoms with E-state index >= 15 is 0 Å². The third-order valence-electron chi connectivity index (χ3n) is 2.94. The Hall–Kier alpha value is -2.45. The first kappa shape index (κ1) is 16.4. The fraction of sp³-hybridized carbons (Fsp3) is 0.125. The van der Waals surface area contributed by atoms with Crippen LogP contribution in [0.4, 0.5) is 5.82 Å². The molecule has 24 heavy (non-hydrogen) atoms. The van der Waals surface area contributed by atoms with E-state index in [0.717, 1.165) is 10.1 Å². The van der Waals surface area contributed by atoms with Gasteiger partial charge in [0.2, 0.25) is 5.06 Å². The molecule has 2 heterocycles. The van der Waals surface area contributed by atoms with Crippen molar-refractivity contribution >= 4 is 35.1 Å². The summed E-state index contributed by atoms with van der Waals surface area (Å²) in [5.41, 5.74) is 1.63. The minimum Gasteiger partial charge on any atom is -0.498 e. The van der Waals surface area contributed by atoms with Crippen molar-refractivity contribution in [1.82, 2.24) is 15.0 Å². The normalized spacial score (nSPS) is 11.0. The summed E-state index contributed by atoms with van der Waals surface area (Å²) in [6, 6.07) is 12.0. The minimum absolute atomic E-state index is 0.135. The molecular weight excluding hydrogens is 344 g/mol. The SMILES string of the molecule is COc1nccc(N=Cc2nc(SCc3ccccc3)sc2O)n1. The number of nitrogens with zero attached hydrogens (tertiary/aromatic N) is 4. The van der Waals surface area contributed by atoms with Crippen LogP contribution in [0.5, 0.6) is 11.1 Å². The van der Waals surface area contributed by atoms with Gasteiger partial charge in [-0.3, -0.25) is 0 Å². The molecule has 0 aliphatic rings. The lowest BCUT2D eigenvalue weighted by Gasteiger charge is -1.97. The van der Waals surface area contributed by atoms with Gasteiger partial charge in [-0.15, -0.1) is 0 Å². The van der Waals surface area contributed by atoms with E-state index in [1.165, 1.54) is 30.2 Å². The number of thioether (sulfide) groups is 1. The number of aliphatic imine (C=N–C) groups is 1. The number of methoxy groups -OCH3 is 1. The molecule has 0 atom stereocenters. The van der Waals surface area contributed by atoms with Gasteiger partial charge in [0.15, 0.2) is 10.2 Å². The highest BCUT2D eigenvalue weighted by Gasteiger charge is 2.09. The third kappa shape index (κ3) is 4.30. The zero-order chi connectivity index (χ0) is 16.8.